The molecule has 3 aliphatic heterocycles. The fraction of sp³-hybridized carbons (Fsp3) is 0.529. The molecule has 25 heavy (non-hydrogen) atoms. The molecule has 0 aromatic heterocycles. The molecule has 0 saturated carbocycles. The lowest BCUT2D eigenvalue weighted by molar-refractivity contribution is -0.119. The number of anilines is 2. The molecule has 1 aromatic rings. The molecule has 3 saturated heterocycles. The molecule has 8 heteroatoms. The number of nitrogens with zero attached hydrogens (tertiary/aromatic N) is 2. The van der Waals surface area contributed by atoms with Crippen molar-refractivity contribution in [2.75, 3.05) is 36.0 Å². The minimum atomic E-state index is -0.531. The van der Waals surface area contributed by atoms with Crippen LogP contribution in [0.5, 0.6) is 0 Å². The van der Waals surface area contributed by atoms with Crippen molar-refractivity contribution in [2.24, 2.45) is 0 Å². The standard InChI is InChI=1S/C17H20FN3O4/c1-10(22)19-6-14-8-21(17(23)25-14)11-2-3-16(15(18)5-11)20-7-13-4-12(20)9-24-13/h2-3,5,12-14H,4,6-9H2,1H3,(H,19,22)/t12-,13-,14-/m0/s1. The largest absolute Gasteiger partial charge is 0.442 e. The molecular weight excluding hydrogens is 329 g/mol. The predicted molar refractivity (Wildman–Crippen MR) is 88.2 cm³/mol. The van der Waals surface area contributed by atoms with Crippen LogP contribution in [0.3, 0.4) is 0 Å². The number of rotatable bonds is 4. The summed E-state index contributed by atoms with van der Waals surface area (Å²) in [5.74, 6) is -0.544. The number of morpholine rings is 1. The van der Waals surface area contributed by atoms with E-state index in [-0.39, 0.29) is 37.0 Å². The van der Waals surface area contributed by atoms with Gasteiger partial charge in [-0.3, -0.25) is 9.69 Å². The topological polar surface area (TPSA) is 71.1 Å². The predicted octanol–water partition coefficient (Wildman–Crippen LogP) is 1.26. The van der Waals surface area contributed by atoms with Crippen LogP contribution in [0.15, 0.2) is 18.2 Å². The summed E-state index contributed by atoms with van der Waals surface area (Å²) in [6.07, 6.45) is 0.152. The average Bonchev–Trinajstić information content (AvgIpc) is 3.28. The van der Waals surface area contributed by atoms with Crippen LogP contribution in [0, 0.1) is 5.82 Å². The van der Waals surface area contributed by atoms with Gasteiger partial charge in [-0.2, -0.15) is 0 Å². The molecule has 134 valence electrons. The molecule has 3 fully saturated rings. The van der Waals surface area contributed by atoms with Gasteiger partial charge in [0.1, 0.15) is 11.9 Å². The molecule has 3 aliphatic rings. The number of carbonyl (C=O) groups excluding carboxylic acids is 2. The van der Waals surface area contributed by atoms with Crippen molar-refractivity contribution in [2.45, 2.75) is 31.6 Å². The third-order valence-electron chi connectivity index (χ3n) is 4.91. The second-order valence-corrected chi connectivity index (χ2v) is 6.69. The number of benzene rings is 1. The van der Waals surface area contributed by atoms with Crippen molar-refractivity contribution in [1.82, 2.24) is 5.32 Å². The third kappa shape index (κ3) is 3.02. The maximum absolute atomic E-state index is 14.6. The highest BCUT2D eigenvalue weighted by atomic mass is 19.1. The molecule has 3 heterocycles. The summed E-state index contributed by atoms with van der Waals surface area (Å²) in [6.45, 7) is 3.26. The Kier molecular flexibility index (Phi) is 3.99. The van der Waals surface area contributed by atoms with Crippen LogP contribution < -0.4 is 15.1 Å². The van der Waals surface area contributed by atoms with Crippen molar-refractivity contribution in [3.05, 3.63) is 24.0 Å². The van der Waals surface area contributed by atoms with Crippen LogP contribution in [-0.4, -0.2) is 56.5 Å². The molecule has 0 radical (unpaired) electrons. The van der Waals surface area contributed by atoms with Crippen molar-refractivity contribution in [1.29, 1.82) is 0 Å². The lowest BCUT2D eigenvalue weighted by atomic mass is 10.2. The number of carbonyl (C=O) groups is 2. The second kappa shape index (κ2) is 6.18. The molecule has 2 bridgehead atoms. The first-order chi connectivity index (χ1) is 12.0. The van der Waals surface area contributed by atoms with Crippen molar-refractivity contribution in [3.8, 4) is 0 Å². The quantitative estimate of drug-likeness (QED) is 0.886. The number of halogens is 1. The monoisotopic (exact) mass is 349 g/mol. The Hall–Kier alpha value is -2.35. The van der Waals surface area contributed by atoms with Crippen molar-refractivity contribution < 1.29 is 23.5 Å². The number of fused-ring (bicyclic) bond motifs is 2. The van der Waals surface area contributed by atoms with E-state index in [1.165, 1.54) is 17.9 Å². The highest BCUT2D eigenvalue weighted by Crippen LogP contribution is 2.35. The molecule has 3 atom stereocenters. The Labute approximate surface area is 144 Å². The van der Waals surface area contributed by atoms with Crippen molar-refractivity contribution in [3.63, 3.8) is 0 Å². The van der Waals surface area contributed by atoms with Gasteiger partial charge in [0, 0.05) is 13.5 Å². The minimum Gasteiger partial charge on any atom is -0.442 e. The van der Waals surface area contributed by atoms with Crippen LogP contribution in [-0.2, 0) is 14.3 Å². The number of amides is 2. The first-order valence-corrected chi connectivity index (χ1v) is 8.41. The van der Waals surface area contributed by atoms with E-state index in [4.69, 9.17) is 9.47 Å². The minimum absolute atomic E-state index is 0.186. The highest BCUT2D eigenvalue weighted by Gasteiger charge is 2.40. The summed E-state index contributed by atoms with van der Waals surface area (Å²) >= 11 is 0. The van der Waals surface area contributed by atoms with E-state index in [0.717, 1.165) is 6.42 Å². The van der Waals surface area contributed by atoms with Gasteiger partial charge >= 0.3 is 6.09 Å². The molecule has 4 rings (SSSR count). The van der Waals surface area contributed by atoms with Gasteiger partial charge in [-0.05, 0) is 24.6 Å². The van der Waals surface area contributed by atoms with Crippen LogP contribution in [0.2, 0.25) is 0 Å². The Bertz CT molecular complexity index is 713. The SMILES string of the molecule is CC(=O)NC[C@H]1CN(c2ccc(N3C[C@@H]4C[C@H]3CO4)c(F)c2)C(=O)O1. The first-order valence-electron chi connectivity index (χ1n) is 8.41. The number of cyclic esters (lactones) is 1. The van der Waals surface area contributed by atoms with Crippen LogP contribution in [0.1, 0.15) is 13.3 Å². The van der Waals surface area contributed by atoms with Gasteiger partial charge < -0.3 is 19.7 Å². The fourth-order valence-corrected chi connectivity index (χ4v) is 3.69. The highest BCUT2D eigenvalue weighted by molar-refractivity contribution is 5.90. The summed E-state index contributed by atoms with van der Waals surface area (Å²) in [5, 5.41) is 2.62. The molecule has 0 unspecified atom stereocenters. The van der Waals surface area contributed by atoms with Crippen LogP contribution in [0.25, 0.3) is 0 Å². The maximum Gasteiger partial charge on any atom is 0.414 e. The normalized spacial score (nSPS) is 27.8. The van der Waals surface area contributed by atoms with Gasteiger partial charge in [0.05, 0.1) is 43.2 Å². The Morgan fingerprint density at radius 1 is 1.40 bits per heavy atom. The van der Waals surface area contributed by atoms with Crippen LogP contribution >= 0.6 is 0 Å². The summed E-state index contributed by atoms with van der Waals surface area (Å²) in [5.41, 5.74) is 0.999. The van der Waals surface area contributed by atoms with Gasteiger partial charge in [-0.15, -0.1) is 0 Å². The smallest absolute Gasteiger partial charge is 0.414 e. The third-order valence-corrected chi connectivity index (χ3v) is 4.91. The summed E-state index contributed by atoms with van der Waals surface area (Å²) in [6, 6.07) is 5.03. The molecule has 1 aromatic carbocycles. The van der Waals surface area contributed by atoms with Gasteiger partial charge in [0.2, 0.25) is 5.91 Å². The van der Waals surface area contributed by atoms with E-state index in [9.17, 15) is 14.0 Å². The summed E-state index contributed by atoms with van der Waals surface area (Å²) in [7, 11) is 0. The average molecular weight is 349 g/mol. The first kappa shape index (κ1) is 16.1. The van der Waals surface area contributed by atoms with E-state index in [1.54, 1.807) is 12.1 Å². The van der Waals surface area contributed by atoms with Crippen molar-refractivity contribution >= 4 is 23.4 Å². The Morgan fingerprint density at radius 2 is 2.24 bits per heavy atom. The zero-order chi connectivity index (χ0) is 17.6. The van der Waals surface area contributed by atoms with E-state index < -0.39 is 12.2 Å². The second-order valence-electron chi connectivity index (χ2n) is 6.69. The lowest BCUT2D eigenvalue weighted by Gasteiger charge is -2.29. The summed E-state index contributed by atoms with van der Waals surface area (Å²) < 4.78 is 25.4. The zero-order valence-electron chi connectivity index (χ0n) is 13.9. The van der Waals surface area contributed by atoms with Gasteiger partial charge in [0.25, 0.3) is 0 Å². The fourth-order valence-electron chi connectivity index (χ4n) is 3.69. The molecule has 1 N–H and O–H groups in total. The van der Waals surface area contributed by atoms with E-state index in [0.29, 0.717) is 24.5 Å². The molecular formula is C17H20FN3O4. The van der Waals surface area contributed by atoms with E-state index in [2.05, 4.69) is 5.32 Å². The summed E-state index contributed by atoms with van der Waals surface area (Å²) in [4.78, 5) is 26.4. The van der Waals surface area contributed by atoms with Gasteiger partial charge in [0.15, 0.2) is 0 Å². The molecule has 2 amide bonds. The number of ether oxygens (including phenoxy) is 2. The number of hydrogen-bond donors (Lipinski definition) is 1. The molecule has 0 aliphatic carbocycles. The van der Waals surface area contributed by atoms with Gasteiger partial charge in [-0.25, -0.2) is 9.18 Å². The Balaban J connectivity index is 1.47. The molecule has 7 nitrogen and oxygen atoms in total. The maximum atomic E-state index is 14.6. The van der Waals surface area contributed by atoms with E-state index in [1.807, 2.05) is 4.90 Å². The zero-order valence-corrected chi connectivity index (χ0v) is 13.9. The molecule has 0 spiro atoms. The Morgan fingerprint density at radius 3 is 2.88 bits per heavy atom. The number of hydrogen-bond acceptors (Lipinski definition) is 5. The van der Waals surface area contributed by atoms with E-state index >= 15 is 0 Å². The number of nitrogens with one attached hydrogen (secondary N) is 1. The van der Waals surface area contributed by atoms with Crippen LogP contribution in [0.4, 0.5) is 20.6 Å². The van der Waals surface area contributed by atoms with Gasteiger partial charge in [-0.1, -0.05) is 0 Å². The lowest BCUT2D eigenvalue weighted by Crippen LogP contribution is -2.37.